The minimum Gasteiger partial charge on any atom is -0.350 e. The fourth-order valence-corrected chi connectivity index (χ4v) is 5.55. The highest BCUT2D eigenvalue weighted by Crippen LogP contribution is 2.45. The van der Waals surface area contributed by atoms with E-state index >= 15 is 0 Å². The predicted octanol–water partition coefficient (Wildman–Crippen LogP) is 3.19. The van der Waals surface area contributed by atoms with Crippen molar-refractivity contribution in [2.24, 2.45) is 13.0 Å². The van der Waals surface area contributed by atoms with Crippen LogP contribution in [0.3, 0.4) is 0 Å². The van der Waals surface area contributed by atoms with Crippen LogP contribution < -0.4 is 0 Å². The number of fused-ring (bicyclic) bond motifs is 2. The quantitative estimate of drug-likeness (QED) is 0.692. The Morgan fingerprint density at radius 1 is 1.24 bits per heavy atom. The zero-order valence-electron chi connectivity index (χ0n) is 17.4. The number of aromatic nitrogens is 2. The number of nitrogens with zero attached hydrogens (tertiary/aromatic N) is 4. The van der Waals surface area contributed by atoms with Crippen molar-refractivity contribution < 1.29 is 4.79 Å². The number of amides is 1. The summed E-state index contributed by atoms with van der Waals surface area (Å²) in [5, 5.41) is 1.42. The molecule has 2 aliphatic rings. The molecule has 0 saturated carbocycles. The molecule has 3 heterocycles. The number of hydrogen-bond donors (Lipinski definition) is 0. The summed E-state index contributed by atoms with van der Waals surface area (Å²) < 4.78 is 2.25. The van der Waals surface area contributed by atoms with Gasteiger partial charge >= 0.3 is 0 Å². The topological polar surface area (TPSA) is 41.4 Å². The summed E-state index contributed by atoms with van der Waals surface area (Å²) in [5.74, 6) is 0.682. The summed E-state index contributed by atoms with van der Waals surface area (Å²) in [7, 11) is 6.23. The Morgan fingerprint density at radius 2 is 2.10 bits per heavy atom. The lowest BCUT2D eigenvalue weighted by molar-refractivity contribution is -0.137. The van der Waals surface area contributed by atoms with Gasteiger partial charge in [-0.2, -0.15) is 0 Å². The number of aryl methyl sites for hydroxylation is 1. The largest absolute Gasteiger partial charge is 0.350 e. The first-order chi connectivity index (χ1) is 14.0. The molecule has 5 nitrogen and oxygen atoms in total. The zero-order valence-corrected chi connectivity index (χ0v) is 17.4. The van der Waals surface area contributed by atoms with Crippen molar-refractivity contribution in [1.29, 1.82) is 0 Å². The first-order valence-corrected chi connectivity index (χ1v) is 10.4. The maximum absolute atomic E-state index is 13.3. The number of likely N-dealkylation sites (tertiary alicyclic amines) is 1. The lowest BCUT2D eigenvalue weighted by Crippen LogP contribution is -2.51. The maximum atomic E-state index is 13.3. The summed E-state index contributed by atoms with van der Waals surface area (Å²) in [4.78, 5) is 21.8. The average molecular weight is 389 g/mol. The van der Waals surface area contributed by atoms with Gasteiger partial charge in [-0.1, -0.05) is 18.2 Å². The average Bonchev–Trinajstić information content (AvgIpc) is 3.05. The van der Waals surface area contributed by atoms with Gasteiger partial charge in [-0.3, -0.25) is 9.78 Å². The van der Waals surface area contributed by atoms with Gasteiger partial charge in [0, 0.05) is 68.6 Å². The highest BCUT2D eigenvalue weighted by molar-refractivity contribution is 5.89. The van der Waals surface area contributed by atoms with E-state index in [1.54, 1.807) is 6.20 Å². The van der Waals surface area contributed by atoms with E-state index in [0.29, 0.717) is 18.5 Å². The first kappa shape index (κ1) is 18.4. The van der Waals surface area contributed by atoms with Crippen LogP contribution in [-0.2, 0) is 24.8 Å². The maximum Gasteiger partial charge on any atom is 0.227 e. The fraction of sp³-hybridized carbons (Fsp3) is 0.417. The van der Waals surface area contributed by atoms with Crippen molar-refractivity contribution in [3.05, 3.63) is 65.6 Å². The van der Waals surface area contributed by atoms with E-state index in [0.717, 1.165) is 24.9 Å². The highest BCUT2D eigenvalue weighted by atomic mass is 16.2. The molecule has 1 aliphatic heterocycles. The number of benzene rings is 1. The van der Waals surface area contributed by atoms with Gasteiger partial charge in [0.1, 0.15) is 0 Å². The molecule has 0 radical (unpaired) electrons. The summed E-state index contributed by atoms with van der Waals surface area (Å²) in [6.45, 7) is 1.44. The molecule has 5 rings (SSSR count). The van der Waals surface area contributed by atoms with E-state index < -0.39 is 0 Å². The third kappa shape index (κ3) is 3.04. The number of pyridine rings is 1. The Balaban J connectivity index is 1.42. The molecule has 5 heteroatoms. The molecule has 0 spiro atoms. The second-order valence-corrected chi connectivity index (χ2v) is 8.81. The molecule has 1 amide bonds. The lowest BCUT2D eigenvalue weighted by Gasteiger charge is -2.45. The number of hydrogen-bond acceptors (Lipinski definition) is 3. The second-order valence-electron chi connectivity index (χ2n) is 8.81. The third-order valence-corrected chi connectivity index (χ3v) is 6.90. The van der Waals surface area contributed by atoms with Gasteiger partial charge < -0.3 is 14.4 Å². The van der Waals surface area contributed by atoms with Crippen molar-refractivity contribution >= 4 is 16.8 Å². The molecule has 1 aliphatic carbocycles. The highest BCUT2D eigenvalue weighted by Gasteiger charge is 2.42. The van der Waals surface area contributed by atoms with Crippen molar-refractivity contribution in [3.8, 4) is 0 Å². The number of likely N-dealkylation sites (N-methyl/N-ethyl adjacent to an activating group) is 1. The van der Waals surface area contributed by atoms with Gasteiger partial charge in [-0.05, 0) is 48.7 Å². The Hall–Kier alpha value is -2.66. The Kier molecular flexibility index (Phi) is 4.43. The molecular formula is C24H28N4O. The van der Waals surface area contributed by atoms with Crippen LogP contribution in [0.15, 0.2) is 48.9 Å². The molecule has 3 aromatic rings. The monoisotopic (exact) mass is 388 g/mol. The van der Waals surface area contributed by atoms with Crippen LogP contribution in [0.4, 0.5) is 0 Å². The van der Waals surface area contributed by atoms with Crippen LogP contribution >= 0.6 is 0 Å². The van der Waals surface area contributed by atoms with Crippen LogP contribution in [0.25, 0.3) is 10.9 Å². The number of carbonyl (C=O) groups is 1. The predicted molar refractivity (Wildman–Crippen MR) is 115 cm³/mol. The molecular weight excluding hydrogens is 360 g/mol. The van der Waals surface area contributed by atoms with Crippen LogP contribution in [0.1, 0.15) is 29.0 Å². The van der Waals surface area contributed by atoms with Gasteiger partial charge in [0.05, 0.1) is 5.92 Å². The van der Waals surface area contributed by atoms with E-state index in [1.165, 1.54) is 22.0 Å². The van der Waals surface area contributed by atoms with Crippen molar-refractivity contribution in [2.75, 3.05) is 20.6 Å². The van der Waals surface area contributed by atoms with Crippen molar-refractivity contribution in [3.63, 3.8) is 0 Å². The van der Waals surface area contributed by atoms with Crippen molar-refractivity contribution in [1.82, 2.24) is 19.4 Å². The Morgan fingerprint density at radius 3 is 2.90 bits per heavy atom. The summed E-state index contributed by atoms with van der Waals surface area (Å²) in [6.07, 6.45) is 7.90. The van der Waals surface area contributed by atoms with Crippen LogP contribution in [0, 0.1) is 5.92 Å². The first-order valence-electron chi connectivity index (χ1n) is 10.4. The van der Waals surface area contributed by atoms with E-state index in [4.69, 9.17) is 0 Å². The fourth-order valence-electron chi connectivity index (χ4n) is 5.55. The molecule has 1 aromatic carbocycles. The van der Waals surface area contributed by atoms with E-state index in [-0.39, 0.29) is 11.8 Å². The van der Waals surface area contributed by atoms with Crippen LogP contribution in [0.5, 0.6) is 0 Å². The third-order valence-electron chi connectivity index (χ3n) is 6.90. The molecule has 29 heavy (non-hydrogen) atoms. The van der Waals surface area contributed by atoms with Crippen molar-refractivity contribution in [2.45, 2.75) is 31.3 Å². The number of piperidine rings is 1. The molecule has 1 fully saturated rings. The Labute approximate surface area is 171 Å². The zero-order chi connectivity index (χ0) is 20.1. The SMILES string of the molecule is CN(Cc1cccnc1)C(=O)[C@@H]1CC2c3cccc4c3c(cn4C)C[C@H]2N(C)C1. The summed E-state index contributed by atoms with van der Waals surface area (Å²) in [5.41, 5.74) is 5.25. The van der Waals surface area contributed by atoms with Gasteiger partial charge in [0.2, 0.25) is 5.91 Å². The standard InChI is InChI=1S/C24H28N4O/c1-26-14-17-11-22-20(19-7-4-8-21(26)23(17)19)10-18(15-27(22)2)24(29)28(3)13-16-6-5-9-25-12-16/h4-9,12,14,18,20,22H,10-11,13,15H2,1-3H3/t18-,20?,22-/m1/s1. The molecule has 1 saturated heterocycles. The summed E-state index contributed by atoms with van der Waals surface area (Å²) >= 11 is 0. The smallest absolute Gasteiger partial charge is 0.227 e. The van der Waals surface area contributed by atoms with E-state index in [1.807, 2.05) is 30.3 Å². The second kappa shape index (κ2) is 6.99. The van der Waals surface area contributed by atoms with Crippen LogP contribution in [-0.4, -0.2) is 51.9 Å². The molecule has 0 N–H and O–H groups in total. The molecule has 2 aromatic heterocycles. The molecule has 150 valence electrons. The minimum absolute atomic E-state index is 0.0310. The van der Waals surface area contributed by atoms with Gasteiger partial charge in [-0.15, -0.1) is 0 Å². The van der Waals surface area contributed by atoms with Crippen LogP contribution in [0.2, 0.25) is 0 Å². The molecule has 1 unspecified atom stereocenters. The lowest BCUT2D eigenvalue weighted by atomic mass is 9.72. The van der Waals surface area contributed by atoms with E-state index in [2.05, 4.69) is 52.9 Å². The summed E-state index contributed by atoms with van der Waals surface area (Å²) in [6, 6.07) is 11.1. The van der Waals surface area contributed by atoms with E-state index in [9.17, 15) is 4.79 Å². The van der Waals surface area contributed by atoms with Gasteiger partial charge in [0.15, 0.2) is 0 Å². The molecule has 3 atom stereocenters. The normalized spacial score (nSPS) is 23.8. The molecule has 0 bridgehead atoms. The number of rotatable bonds is 3. The Bertz CT molecular complexity index is 1060. The minimum atomic E-state index is 0.0310. The number of carbonyl (C=O) groups excluding carboxylic acids is 1. The van der Waals surface area contributed by atoms with Gasteiger partial charge in [0.25, 0.3) is 0 Å². The van der Waals surface area contributed by atoms with Gasteiger partial charge in [-0.25, -0.2) is 0 Å².